The van der Waals surface area contributed by atoms with Gasteiger partial charge in [-0.15, -0.1) is 53.6 Å². The van der Waals surface area contributed by atoms with Gasteiger partial charge in [0.15, 0.2) is 0 Å². The molecule has 0 atom stereocenters. The molecule has 4 nitrogen and oxygen atoms in total. The zero-order valence-corrected chi connectivity index (χ0v) is 36.3. The van der Waals surface area contributed by atoms with E-state index in [-0.39, 0.29) is 21.1 Å². The summed E-state index contributed by atoms with van der Waals surface area (Å²) in [4.78, 5) is 9.27. The molecule has 12 rings (SSSR count). The normalized spacial score (nSPS) is 11.0. The van der Waals surface area contributed by atoms with Crippen LogP contribution in [0.15, 0.2) is 231 Å². The fraction of sp³-hybridized carbons (Fsp3) is 0. The van der Waals surface area contributed by atoms with Crippen molar-refractivity contribution in [3.8, 4) is 56.1 Å². The summed E-state index contributed by atoms with van der Waals surface area (Å²) in [5.74, 6) is 0. The number of benzene rings is 8. The van der Waals surface area contributed by atoms with Gasteiger partial charge < -0.3 is 19.1 Å². The number of rotatable bonds is 6. The van der Waals surface area contributed by atoms with Crippen LogP contribution in [0, 0.1) is 12.1 Å². The summed E-state index contributed by atoms with van der Waals surface area (Å²) in [6.45, 7) is 0. The van der Waals surface area contributed by atoms with E-state index in [2.05, 4.69) is 213 Å². The van der Waals surface area contributed by atoms with Crippen LogP contribution in [0.2, 0.25) is 0 Å². The van der Waals surface area contributed by atoms with Crippen LogP contribution in [-0.2, 0) is 21.1 Å². The third-order valence-electron chi connectivity index (χ3n) is 11.5. The predicted molar refractivity (Wildman–Crippen MR) is 257 cm³/mol. The molecule has 0 fully saturated rings. The number of aromatic nitrogens is 4. The van der Waals surface area contributed by atoms with Crippen LogP contribution in [0.5, 0.6) is 0 Å². The molecule has 12 aromatic rings. The molecule has 0 amide bonds. The second-order valence-corrected chi connectivity index (χ2v) is 15.2. The van der Waals surface area contributed by atoms with Crippen molar-refractivity contribution in [1.82, 2.24) is 19.1 Å². The quantitative estimate of drug-likeness (QED) is 0.156. The summed E-state index contributed by atoms with van der Waals surface area (Å²) in [6.07, 6.45) is 3.72. The first kappa shape index (κ1) is 39.5. The van der Waals surface area contributed by atoms with Crippen molar-refractivity contribution in [3.05, 3.63) is 243 Å². The van der Waals surface area contributed by atoms with Crippen LogP contribution in [0.25, 0.3) is 99.8 Å². The van der Waals surface area contributed by atoms with Gasteiger partial charge in [0, 0.05) is 50.7 Å². The van der Waals surface area contributed by atoms with Gasteiger partial charge in [-0.3, -0.25) is 0 Å². The summed E-state index contributed by atoms with van der Waals surface area (Å²) < 4.78 is 4.66. The van der Waals surface area contributed by atoms with Crippen molar-refractivity contribution in [1.29, 1.82) is 0 Å². The van der Waals surface area contributed by atoms with Crippen LogP contribution in [0.1, 0.15) is 0 Å². The van der Waals surface area contributed by atoms with Gasteiger partial charge in [-0.1, -0.05) is 174 Å². The molecule has 0 bridgehead atoms. The zero-order valence-electron chi connectivity index (χ0n) is 34.0. The topological polar surface area (TPSA) is 35.6 Å². The molecule has 4 heterocycles. The number of para-hydroxylation sites is 4. The monoisotopic (exact) mass is 985 g/mol. The van der Waals surface area contributed by atoms with E-state index in [0.29, 0.717) is 0 Å². The van der Waals surface area contributed by atoms with Gasteiger partial charge in [0.25, 0.3) is 0 Å². The predicted octanol–water partition coefficient (Wildman–Crippen LogP) is 14.6. The van der Waals surface area contributed by atoms with E-state index in [1.807, 2.05) is 48.8 Å². The van der Waals surface area contributed by atoms with Crippen molar-refractivity contribution in [2.45, 2.75) is 0 Å². The number of nitrogens with zero attached hydrogens (tertiary/aromatic N) is 4. The molecule has 0 saturated heterocycles. The molecular weight excluding hydrogens is 948 g/mol. The maximum atomic E-state index is 4.64. The first-order valence-corrected chi connectivity index (χ1v) is 20.8. The van der Waals surface area contributed by atoms with E-state index in [4.69, 9.17) is 0 Å². The molecule has 0 radical (unpaired) electrons. The molecular formula is C58H38N4Pt. The maximum Gasteiger partial charge on any atom is 2.00 e. The Bertz CT molecular complexity index is 3400. The van der Waals surface area contributed by atoms with Crippen molar-refractivity contribution >= 4 is 43.6 Å². The second kappa shape index (κ2) is 17.4. The van der Waals surface area contributed by atoms with Crippen molar-refractivity contribution in [2.24, 2.45) is 0 Å². The summed E-state index contributed by atoms with van der Waals surface area (Å²) in [6, 6.07) is 82.9. The number of hydrogen-bond donors (Lipinski definition) is 0. The van der Waals surface area contributed by atoms with Crippen molar-refractivity contribution in [3.63, 3.8) is 0 Å². The average Bonchev–Trinajstić information content (AvgIpc) is 3.88. The van der Waals surface area contributed by atoms with Crippen LogP contribution in [-0.4, -0.2) is 19.1 Å². The molecule has 0 aliphatic heterocycles. The Labute approximate surface area is 380 Å². The van der Waals surface area contributed by atoms with E-state index < -0.39 is 0 Å². The second-order valence-electron chi connectivity index (χ2n) is 15.2. The molecule has 0 spiro atoms. The maximum absolute atomic E-state index is 4.64. The Morgan fingerprint density at radius 2 is 0.841 bits per heavy atom. The number of hydrogen-bond acceptors (Lipinski definition) is 2. The third kappa shape index (κ3) is 7.45. The minimum Gasteiger partial charge on any atom is -0.351 e. The van der Waals surface area contributed by atoms with E-state index in [1.54, 1.807) is 0 Å². The van der Waals surface area contributed by atoms with Crippen LogP contribution in [0.4, 0.5) is 0 Å². The van der Waals surface area contributed by atoms with Gasteiger partial charge in [0.05, 0.1) is 11.0 Å². The molecule has 0 N–H and O–H groups in total. The van der Waals surface area contributed by atoms with Gasteiger partial charge in [0.1, 0.15) is 0 Å². The molecule has 0 aliphatic carbocycles. The molecule has 8 aromatic carbocycles. The fourth-order valence-corrected chi connectivity index (χ4v) is 8.66. The SMILES string of the molecule is [Pt+2].[c-]1cc(-c2ccccc2)cc(-n2c3ccccc3c3ccccc32)c1-c1ccccn1.[c-]1cc(-c2ccccc2)ccc1-c1cc(-n2c3ccccc3c3ccccc32)ccn1. The van der Waals surface area contributed by atoms with Gasteiger partial charge in [0.2, 0.25) is 0 Å². The largest absolute Gasteiger partial charge is 2.00 e. The van der Waals surface area contributed by atoms with Gasteiger partial charge in [-0.25, -0.2) is 0 Å². The summed E-state index contributed by atoms with van der Waals surface area (Å²) in [5, 5.41) is 5.01. The Hall–Kier alpha value is -7.65. The van der Waals surface area contributed by atoms with E-state index in [1.165, 1.54) is 54.7 Å². The first-order valence-electron chi connectivity index (χ1n) is 20.8. The van der Waals surface area contributed by atoms with Crippen LogP contribution >= 0.6 is 0 Å². The van der Waals surface area contributed by atoms with Gasteiger partial charge in [-0.05, 0) is 53.5 Å². The Kier molecular flexibility index (Phi) is 10.9. The standard InChI is InChI=1S/2C29H19N2.Pt/c1-2-10-21(11-3-1)22-17-18-25(26-14-8-9-19-30-26)29(20-22)31-27-15-6-4-12-23(27)24-13-5-7-16-28(24)31;1-2-8-21(9-3-1)22-14-16-23(17-15-22)27-20-24(18-19-30-27)31-28-12-6-4-10-25(28)26-11-5-7-13-29(26)31;/h1-17,19-20H;1-16,18-20H;/q2*-1;+2. The van der Waals surface area contributed by atoms with Gasteiger partial charge in [-0.2, -0.15) is 0 Å². The molecule has 5 heteroatoms. The van der Waals surface area contributed by atoms with Crippen molar-refractivity contribution in [2.75, 3.05) is 0 Å². The van der Waals surface area contributed by atoms with Crippen LogP contribution in [0.3, 0.4) is 0 Å². The Balaban J connectivity index is 0.000000147. The smallest absolute Gasteiger partial charge is 0.351 e. The summed E-state index contributed by atoms with van der Waals surface area (Å²) in [7, 11) is 0. The molecule has 0 unspecified atom stereocenters. The summed E-state index contributed by atoms with van der Waals surface area (Å²) >= 11 is 0. The van der Waals surface area contributed by atoms with Crippen molar-refractivity contribution < 1.29 is 21.1 Å². The number of fused-ring (bicyclic) bond motifs is 6. The van der Waals surface area contributed by atoms with Crippen LogP contribution < -0.4 is 0 Å². The molecule has 63 heavy (non-hydrogen) atoms. The number of pyridine rings is 2. The Morgan fingerprint density at radius 1 is 0.349 bits per heavy atom. The molecule has 4 aromatic heterocycles. The molecule has 300 valence electrons. The average molecular weight is 986 g/mol. The van der Waals surface area contributed by atoms with E-state index in [9.17, 15) is 0 Å². The van der Waals surface area contributed by atoms with Gasteiger partial charge >= 0.3 is 21.1 Å². The minimum absolute atomic E-state index is 0. The molecule has 0 saturated carbocycles. The minimum atomic E-state index is 0. The summed E-state index contributed by atoms with van der Waals surface area (Å²) in [5.41, 5.74) is 15.4. The Morgan fingerprint density at radius 3 is 1.38 bits per heavy atom. The first-order chi connectivity index (χ1) is 30.8. The third-order valence-corrected chi connectivity index (χ3v) is 11.5. The van der Waals surface area contributed by atoms with E-state index >= 15 is 0 Å². The molecule has 0 aliphatic rings. The fourth-order valence-electron chi connectivity index (χ4n) is 8.66. The zero-order chi connectivity index (χ0) is 41.2. The van der Waals surface area contributed by atoms with E-state index in [0.717, 1.165) is 45.0 Å².